The number of hydrogen-bond donors (Lipinski definition) is 1. The van der Waals surface area contributed by atoms with Crippen molar-refractivity contribution >= 4 is 0 Å². The van der Waals surface area contributed by atoms with Gasteiger partial charge in [-0.25, -0.2) is 0 Å². The molecule has 2 nitrogen and oxygen atoms in total. The second kappa shape index (κ2) is 6.02. The SMILES string of the molecule is Cc1ccccc1C(O)CCN(C)C(C)C. The molecule has 0 aromatic heterocycles. The summed E-state index contributed by atoms with van der Waals surface area (Å²) in [6, 6.07) is 8.58. The van der Waals surface area contributed by atoms with Crippen molar-refractivity contribution in [3.05, 3.63) is 35.4 Å². The van der Waals surface area contributed by atoms with Gasteiger partial charge in [0.1, 0.15) is 0 Å². The van der Waals surface area contributed by atoms with Gasteiger partial charge in [0.05, 0.1) is 6.10 Å². The molecule has 0 saturated carbocycles. The fraction of sp³-hybridized carbons (Fsp3) is 0.571. The number of nitrogens with zero attached hydrogens (tertiary/aromatic N) is 1. The minimum absolute atomic E-state index is 0.345. The second-order valence-electron chi connectivity index (χ2n) is 4.74. The molecule has 1 aromatic carbocycles. The summed E-state index contributed by atoms with van der Waals surface area (Å²) in [7, 11) is 2.09. The molecule has 0 heterocycles. The van der Waals surface area contributed by atoms with Gasteiger partial charge < -0.3 is 10.0 Å². The van der Waals surface area contributed by atoms with Gasteiger partial charge in [-0.1, -0.05) is 24.3 Å². The summed E-state index contributed by atoms with van der Waals surface area (Å²) in [6.45, 7) is 7.30. The van der Waals surface area contributed by atoms with E-state index in [0.717, 1.165) is 18.5 Å². The van der Waals surface area contributed by atoms with Crippen molar-refractivity contribution in [1.82, 2.24) is 4.90 Å². The third kappa shape index (κ3) is 3.62. The van der Waals surface area contributed by atoms with Crippen molar-refractivity contribution in [2.24, 2.45) is 0 Å². The van der Waals surface area contributed by atoms with Crippen LogP contribution < -0.4 is 0 Å². The number of benzene rings is 1. The first-order valence-corrected chi connectivity index (χ1v) is 5.96. The average Bonchev–Trinajstić information content (AvgIpc) is 2.25. The highest BCUT2D eigenvalue weighted by Crippen LogP contribution is 2.20. The number of hydrogen-bond acceptors (Lipinski definition) is 2. The third-order valence-corrected chi connectivity index (χ3v) is 3.18. The Morgan fingerprint density at radius 2 is 1.88 bits per heavy atom. The van der Waals surface area contributed by atoms with Crippen molar-refractivity contribution in [2.75, 3.05) is 13.6 Å². The van der Waals surface area contributed by atoms with Gasteiger partial charge in [-0.05, 0) is 45.4 Å². The number of aliphatic hydroxyl groups excluding tert-OH is 1. The monoisotopic (exact) mass is 221 g/mol. The van der Waals surface area contributed by atoms with Crippen LogP contribution in [0, 0.1) is 6.92 Å². The predicted molar refractivity (Wildman–Crippen MR) is 68.5 cm³/mol. The maximum Gasteiger partial charge on any atom is 0.0804 e. The highest BCUT2D eigenvalue weighted by molar-refractivity contribution is 5.27. The molecule has 0 fully saturated rings. The molecular formula is C14H23NO. The minimum atomic E-state index is -0.345. The van der Waals surface area contributed by atoms with Gasteiger partial charge in [0.2, 0.25) is 0 Å². The first kappa shape index (κ1) is 13.2. The molecule has 1 unspecified atom stereocenters. The van der Waals surface area contributed by atoms with E-state index in [1.54, 1.807) is 0 Å². The van der Waals surface area contributed by atoms with Gasteiger partial charge in [-0.15, -0.1) is 0 Å². The molecule has 0 amide bonds. The Hall–Kier alpha value is -0.860. The van der Waals surface area contributed by atoms with Gasteiger partial charge in [0.15, 0.2) is 0 Å². The molecule has 1 atom stereocenters. The molecule has 0 saturated heterocycles. The van der Waals surface area contributed by atoms with E-state index in [-0.39, 0.29) is 6.10 Å². The zero-order valence-corrected chi connectivity index (χ0v) is 10.8. The molecule has 1 aromatic rings. The fourth-order valence-electron chi connectivity index (χ4n) is 1.70. The largest absolute Gasteiger partial charge is 0.388 e. The summed E-state index contributed by atoms with van der Waals surface area (Å²) in [5, 5.41) is 10.1. The lowest BCUT2D eigenvalue weighted by atomic mass is 10.0. The van der Waals surface area contributed by atoms with Crippen LogP contribution in [0.5, 0.6) is 0 Å². The number of aryl methyl sites for hydroxylation is 1. The molecule has 0 radical (unpaired) electrons. The molecule has 0 aliphatic rings. The summed E-state index contributed by atoms with van der Waals surface area (Å²) in [4.78, 5) is 2.25. The molecule has 2 heteroatoms. The van der Waals surface area contributed by atoms with Gasteiger partial charge in [-0.2, -0.15) is 0 Å². The van der Waals surface area contributed by atoms with Crippen LogP contribution in [-0.2, 0) is 0 Å². The first-order valence-electron chi connectivity index (χ1n) is 5.96. The lowest BCUT2D eigenvalue weighted by Gasteiger charge is -2.23. The minimum Gasteiger partial charge on any atom is -0.388 e. The Morgan fingerprint density at radius 3 is 2.44 bits per heavy atom. The third-order valence-electron chi connectivity index (χ3n) is 3.18. The standard InChI is InChI=1S/C14H23NO/c1-11(2)15(4)10-9-14(16)13-8-6-5-7-12(13)3/h5-8,11,14,16H,9-10H2,1-4H3. The lowest BCUT2D eigenvalue weighted by molar-refractivity contribution is 0.141. The summed E-state index contributed by atoms with van der Waals surface area (Å²) >= 11 is 0. The lowest BCUT2D eigenvalue weighted by Crippen LogP contribution is -2.28. The molecular weight excluding hydrogens is 198 g/mol. The Kier molecular flexibility index (Phi) is 4.97. The van der Waals surface area contributed by atoms with Crippen molar-refractivity contribution in [3.63, 3.8) is 0 Å². The molecule has 0 spiro atoms. The van der Waals surface area contributed by atoms with Crippen molar-refractivity contribution in [1.29, 1.82) is 0 Å². The maximum absolute atomic E-state index is 10.1. The molecule has 0 aliphatic heterocycles. The van der Waals surface area contributed by atoms with E-state index in [1.165, 1.54) is 5.56 Å². The summed E-state index contributed by atoms with van der Waals surface area (Å²) < 4.78 is 0. The van der Waals surface area contributed by atoms with Crippen LogP contribution in [0.3, 0.4) is 0 Å². The zero-order valence-electron chi connectivity index (χ0n) is 10.8. The van der Waals surface area contributed by atoms with Gasteiger partial charge in [0.25, 0.3) is 0 Å². The Bertz CT molecular complexity index is 322. The quantitative estimate of drug-likeness (QED) is 0.826. The molecule has 16 heavy (non-hydrogen) atoms. The van der Waals surface area contributed by atoms with Crippen LogP contribution >= 0.6 is 0 Å². The van der Waals surface area contributed by atoms with Crippen LogP contribution in [0.15, 0.2) is 24.3 Å². The van der Waals surface area contributed by atoms with E-state index in [0.29, 0.717) is 6.04 Å². The van der Waals surface area contributed by atoms with Gasteiger partial charge in [-0.3, -0.25) is 0 Å². The van der Waals surface area contributed by atoms with Crippen molar-refractivity contribution in [2.45, 2.75) is 39.3 Å². The highest BCUT2D eigenvalue weighted by Gasteiger charge is 2.11. The fourth-order valence-corrected chi connectivity index (χ4v) is 1.70. The van der Waals surface area contributed by atoms with Crippen LogP contribution in [0.2, 0.25) is 0 Å². The van der Waals surface area contributed by atoms with Gasteiger partial charge >= 0.3 is 0 Å². The van der Waals surface area contributed by atoms with E-state index in [4.69, 9.17) is 0 Å². The zero-order chi connectivity index (χ0) is 12.1. The average molecular weight is 221 g/mol. The van der Waals surface area contributed by atoms with E-state index in [1.807, 2.05) is 31.2 Å². The number of rotatable bonds is 5. The summed E-state index contributed by atoms with van der Waals surface area (Å²) in [5.41, 5.74) is 2.22. The van der Waals surface area contributed by atoms with E-state index < -0.39 is 0 Å². The van der Waals surface area contributed by atoms with Gasteiger partial charge in [0, 0.05) is 12.6 Å². The topological polar surface area (TPSA) is 23.5 Å². The predicted octanol–water partition coefficient (Wildman–Crippen LogP) is 2.76. The van der Waals surface area contributed by atoms with Crippen LogP contribution in [0.4, 0.5) is 0 Å². The molecule has 90 valence electrons. The van der Waals surface area contributed by atoms with E-state index in [2.05, 4.69) is 25.8 Å². The number of aliphatic hydroxyl groups is 1. The molecule has 0 bridgehead atoms. The van der Waals surface area contributed by atoms with Crippen molar-refractivity contribution < 1.29 is 5.11 Å². The van der Waals surface area contributed by atoms with Crippen molar-refractivity contribution in [3.8, 4) is 0 Å². The van der Waals surface area contributed by atoms with E-state index >= 15 is 0 Å². The first-order chi connectivity index (χ1) is 7.52. The second-order valence-corrected chi connectivity index (χ2v) is 4.74. The normalized spacial score (nSPS) is 13.4. The molecule has 1 N–H and O–H groups in total. The summed E-state index contributed by atoms with van der Waals surface area (Å²) in [6.07, 6.45) is 0.446. The Labute approximate surface area is 98.9 Å². The van der Waals surface area contributed by atoms with E-state index in [9.17, 15) is 5.11 Å². The smallest absolute Gasteiger partial charge is 0.0804 e. The van der Waals surface area contributed by atoms with Crippen LogP contribution in [-0.4, -0.2) is 29.6 Å². The molecule has 0 aliphatic carbocycles. The highest BCUT2D eigenvalue weighted by atomic mass is 16.3. The van der Waals surface area contributed by atoms with Crippen LogP contribution in [0.1, 0.15) is 37.5 Å². The molecule has 1 rings (SSSR count). The maximum atomic E-state index is 10.1. The Balaban J connectivity index is 2.53. The Morgan fingerprint density at radius 1 is 1.25 bits per heavy atom. The summed E-state index contributed by atoms with van der Waals surface area (Å²) in [5.74, 6) is 0. The van der Waals surface area contributed by atoms with Crippen LogP contribution in [0.25, 0.3) is 0 Å².